The van der Waals surface area contributed by atoms with E-state index in [0.717, 1.165) is 12.1 Å². The van der Waals surface area contributed by atoms with E-state index in [1.165, 1.54) is 5.56 Å². The quantitative estimate of drug-likeness (QED) is 0.566. The van der Waals surface area contributed by atoms with Gasteiger partial charge < -0.3 is 5.73 Å². The Kier molecular flexibility index (Phi) is 3.42. The van der Waals surface area contributed by atoms with Crippen molar-refractivity contribution in [3.05, 3.63) is 29.8 Å². The minimum Gasteiger partial charge on any atom is -0.399 e. The van der Waals surface area contributed by atoms with Crippen molar-refractivity contribution >= 4 is 17.3 Å². The third-order valence-electron chi connectivity index (χ3n) is 2.05. The van der Waals surface area contributed by atoms with Crippen molar-refractivity contribution in [2.45, 2.75) is 19.3 Å². The van der Waals surface area contributed by atoms with E-state index in [1.54, 1.807) is 0 Å². The van der Waals surface area contributed by atoms with E-state index in [1.807, 2.05) is 12.1 Å². The third-order valence-corrected chi connectivity index (χ3v) is 2.27. The van der Waals surface area contributed by atoms with E-state index < -0.39 is 0 Å². The fourth-order valence-corrected chi connectivity index (χ4v) is 1.48. The lowest BCUT2D eigenvalue weighted by atomic mass is 9.99. The van der Waals surface area contributed by atoms with Gasteiger partial charge in [-0.1, -0.05) is 19.1 Å². The number of benzene rings is 1. The van der Waals surface area contributed by atoms with E-state index in [9.17, 15) is 0 Å². The van der Waals surface area contributed by atoms with Crippen LogP contribution in [0.15, 0.2) is 24.3 Å². The maximum atomic E-state index is 5.65. The first-order valence-corrected chi connectivity index (χ1v) is 4.69. The van der Waals surface area contributed by atoms with Gasteiger partial charge in [-0.2, -0.15) is 0 Å². The molecule has 1 nitrogen and oxygen atoms in total. The van der Waals surface area contributed by atoms with Crippen LogP contribution < -0.4 is 5.73 Å². The molecule has 1 aromatic rings. The van der Waals surface area contributed by atoms with Crippen molar-refractivity contribution in [3.63, 3.8) is 0 Å². The largest absolute Gasteiger partial charge is 0.399 e. The Balaban J connectivity index is 2.68. The van der Waals surface area contributed by atoms with Crippen molar-refractivity contribution in [1.82, 2.24) is 0 Å². The highest BCUT2D eigenvalue weighted by atomic mass is 35.5. The molecule has 1 atom stereocenters. The number of halogens is 1. The average molecular weight is 184 g/mol. The van der Waals surface area contributed by atoms with Crippen molar-refractivity contribution in [3.8, 4) is 0 Å². The van der Waals surface area contributed by atoms with Crippen LogP contribution in [0, 0.1) is 0 Å². The molecule has 1 unspecified atom stereocenters. The lowest BCUT2D eigenvalue weighted by Gasteiger charge is -2.09. The van der Waals surface area contributed by atoms with Crippen molar-refractivity contribution in [2.24, 2.45) is 0 Å². The van der Waals surface area contributed by atoms with E-state index in [0.29, 0.717) is 11.8 Å². The predicted molar refractivity (Wildman–Crippen MR) is 54.6 cm³/mol. The summed E-state index contributed by atoms with van der Waals surface area (Å²) in [6, 6.07) is 7.99. The van der Waals surface area contributed by atoms with Crippen molar-refractivity contribution in [1.29, 1.82) is 0 Å². The Morgan fingerprint density at radius 1 is 1.33 bits per heavy atom. The van der Waals surface area contributed by atoms with Crippen LogP contribution in [0.25, 0.3) is 0 Å². The summed E-state index contributed by atoms with van der Waals surface area (Å²) in [6.07, 6.45) is 1.02. The van der Waals surface area contributed by atoms with Gasteiger partial charge in [-0.15, -0.1) is 11.6 Å². The molecular weight excluding hydrogens is 170 g/mol. The van der Waals surface area contributed by atoms with Gasteiger partial charge in [-0.05, 0) is 30.0 Å². The molecule has 0 saturated heterocycles. The van der Waals surface area contributed by atoms with Crippen molar-refractivity contribution < 1.29 is 0 Å². The molecule has 1 rings (SSSR count). The molecule has 12 heavy (non-hydrogen) atoms. The number of alkyl halides is 1. The molecule has 0 bridgehead atoms. The summed E-state index contributed by atoms with van der Waals surface area (Å²) >= 11 is 5.65. The number of hydrogen-bond donors (Lipinski definition) is 1. The summed E-state index contributed by atoms with van der Waals surface area (Å²) in [7, 11) is 0. The molecule has 0 aliphatic rings. The topological polar surface area (TPSA) is 26.0 Å². The highest BCUT2D eigenvalue weighted by Gasteiger charge is 2.03. The highest BCUT2D eigenvalue weighted by molar-refractivity contribution is 6.17. The van der Waals surface area contributed by atoms with E-state index >= 15 is 0 Å². The van der Waals surface area contributed by atoms with E-state index in [2.05, 4.69) is 19.1 Å². The van der Waals surface area contributed by atoms with Crippen LogP contribution in [-0.2, 0) is 0 Å². The third kappa shape index (κ3) is 2.42. The molecule has 66 valence electrons. The van der Waals surface area contributed by atoms with Gasteiger partial charge in [0.15, 0.2) is 0 Å². The van der Waals surface area contributed by atoms with Gasteiger partial charge in [-0.3, -0.25) is 0 Å². The van der Waals surface area contributed by atoms with Crippen LogP contribution in [0.3, 0.4) is 0 Å². The molecule has 2 N–H and O–H groups in total. The molecule has 1 aromatic carbocycles. The Labute approximate surface area is 78.5 Å². The first-order valence-electron chi connectivity index (χ1n) is 4.15. The van der Waals surface area contributed by atoms with E-state index in [-0.39, 0.29) is 0 Å². The fraction of sp³-hybridized carbons (Fsp3) is 0.400. The van der Waals surface area contributed by atoms with Crippen LogP contribution in [0.5, 0.6) is 0 Å². The maximum absolute atomic E-state index is 5.65. The first-order chi connectivity index (χ1) is 5.74. The Hall–Kier alpha value is -0.690. The SMILES string of the molecule is CC(CCCl)c1ccc(N)cc1. The molecule has 0 heterocycles. The minimum absolute atomic E-state index is 0.531. The van der Waals surface area contributed by atoms with Gasteiger partial charge in [0.1, 0.15) is 0 Å². The molecular formula is C10H14ClN. The number of nitrogen functional groups attached to an aromatic ring is 1. The molecule has 0 fully saturated rings. The zero-order valence-electron chi connectivity index (χ0n) is 7.26. The molecule has 0 aliphatic carbocycles. The van der Waals surface area contributed by atoms with Gasteiger partial charge in [0.2, 0.25) is 0 Å². The summed E-state index contributed by atoms with van der Waals surface area (Å²) in [6.45, 7) is 2.17. The number of anilines is 1. The Morgan fingerprint density at radius 3 is 2.42 bits per heavy atom. The van der Waals surface area contributed by atoms with Gasteiger partial charge in [0, 0.05) is 11.6 Å². The van der Waals surface area contributed by atoms with Crippen LogP contribution in [0.1, 0.15) is 24.8 Å². The van der Waals surface area contributed by atoms with Crippen LogP contribution in [0.2, 0.25) is 0 Å². The summed E-state index contributed by atoms with van der Waals surface area (Å²) in [5.41, 5.74) is 7.70. The fourth-order valence-electron chi connectivity index (χ4n) is 1.15. The van der Waals surface area contributed by atoms with Crippen LogP contribution in [-0.4, -0.2) is 5.88 Å². The summed E-state index contributed by atoms with van der Waals surface area (Å²) < 4.78 is 0. The average Bonchev–Trinajstić information content (AvgIpc) is 2.06. The smallest absolute Gasteiger partial charge is 0.0314 e. The van der Waals surface area contributed by atoms with Crippen molar-refractivity contribution in [2.75, 3.05) is 11.6 Å². The lowest BCUT2D eigenvalue weighted by Crippen LogP contribution is -1.94. The number of hydrogen-bond acceptors (Lipinski definition) is 1. The van der Waals surface area contributed by atoms with Crippen LogP contribution in [0.4, 0.5) is 5.69 Å². The molecule has 0 aromatic heterocycles. The molecule has 0 aliphatic heterocycles. The minimum atomic E-state index is 0.531. The Morgan fingerprint density at radius 2 is 1.92 bits per heavy atom. The summed E-state index contributed by atoms with van der Waals surface area (Å²) in [4.78, 5) is 0. The molecule has 2 heteroatoms. The highest BCUT2D eigenvalue weighted by Crippen LogP contribution is 2.20. The van der Waals surface area contributed by atoms with Gasteiger partial charge >= 0.3 is 0 Å². The first kappa shape index (κ1) is 9.40. The number of rotatable bonds is 3. The summed E-state index contributed by atoms with van der Waals surface area (Å²) in [5.74, 6) is 1.24. The zero-order chi connectivity index (χ0) is 8.97. The maximum Gasteiger partial charge on any atom is 0.0314 e. The summed E-state index contributed by atoms with van der Waals surface area (Å²) in [5, 5.41) is 0. The van der Waals surface area contributed by atoms with Gasteiger partial charge in [-0.25, -0.2) is 0 Å². The zero-order valence-corrected chi connectivity index (χ0v) is 8.01. The molecule has 0 spiro atoms. The molecule has 0 saturated carbocycles. The standard InChI is InChI=1S/C10H14ClN/c1-8(6-7-11)9-2-4-10(12)5-3-9/h2-5,8H,6-7,12H2,1H3. The normalized spacial score (nSPS) is 12.8. The van der Waals surface area contributed by atoms with Crippen LogP contribution >= 0.6 is 11.6 Å². The lowest BCUT2D eigenvalue weighted by molar-refractivity contribution is 0.738. The van der Waals surface area contributed by atoms with Gasteiger partial charge in [0.25, 0.3) is 0 Å². The second-order valence-electron chi connectivity index (χ2n) is 3.05. The number of nitrogens with two attached hydrogens (primary N) is 1. The second kappa shape index (κ2) is 4.36. The second-order valence-corrected chi connectivity index (χ2v) is 3.42. The van der Waals surface area contributed by atoms with E-state index in [4.69, 9.17) is 17.3 Å². The molecule has 0 amide bonds. The predicted octanol–water partition coefficient (Wildman–Crippen LogP) is 3.00. The van der Waals surface area contributed by atoms with Gasteiger partial charge in [0.05, 0.1) is 0 Å². The molecule has 0 radical (unpaired) electrons. The Bertz CT molecular complexity index is 230. The monoisotopic (exact) mass is 183 g/mol.